The number of ketones is 1. The molecule has 1 amide bonds. The minimum Gasteiger partial charge on any atom is -0.493 e. The Bertz CT molecular complexity index is 1130. The third-order valence-electron chi connectivity index (χ3n) is 5.70. The largest absolute Gasteiger partial charge is 0.493 e. The van der Waals surface area contributed by atoms with Crippen molar-refractivity contribution in [3.63, 3.8) is 0 Å². The first kappa shape index (κ1) is 26.3. The van der Waals surface area contributed by atoms with Crippen LogP contribution in [0.2, 0.25) is 10.0 Å². The summed E-state index contributed by atoms with van der Waals surface area (Å²) in [4.78, 5) is 40.8. The number of fused-ring (bicyclic) bond motifs is 1. The Morgan fingerprint density at radius 2 is 1.89 bits per heavy atom. The van der Waals surface area contributed by atoms with Crippen molar-refractivity contribution in [2.75, 3.05) is 13.2 Å². The summed E-state index contributed by atoms with van der Waals surface area (Å²) in [5.74, 6) is -2.42. The number of carboxylic acids is 1. The zero-order chi connectivity index (χ0) is 25.5. The molecule has 0 saturated carbocycles. The van der Waals surface area contributed by atoms with Crippen LogP contribution in [0.25, 0.3) is 0 Å². The zero-order valence-electron chi connectivity index (χ0n) is 18.8. The summed E-state index contributed by atoms with van der Waals surface area (Å²) in [6.07, 6.45) is 1.07. The van der Waals surface area contributed by atoms with E-state index in [1.54, 1.807) is 18.2 Å². The third-order valence-corrected chi connectivity index (χ3v) is 6.33. The van der Waals surface area contributed by atoms with E-state index < -0.39 is 17.7 Å². The smallest absolute Gasteiger partial charge is 0.308 e. The second kappa shape index (κ2) is 11.9. The SMILES string of the molecule is NC(N)=Nc1ccc2c(c1)C(CCC(=O)NCC(CC(=O)c1c(Cl)cccc1Cl)C(=O)O)CCO2. The molecule has 6 N–H and O–H groups in total. The van der Waals surface area contributed by atoms with Crippen molar-refractivity contribution in [2.45, 2.75) is 31.6 Å². The van der Waals surface area contributed by atoms with Gasteiger partial charge in [-0.15, -0.1) is 0 Å². The topological polar surface area (TPSA) is 157 Å². The Morgan fingerprint density at radius 3 is 2.54 bits per heavy atom. The first-order valence-corrected chi connectivity index (χ1v) is 11.7. The lowest BCUT2D eigenvalue weighted by Gasteiger charge is -2.26. The number of nitrogens with two attached hydrogens (primary N) is 2. The van der Waals surface area contributed by atoms with Crippen LogP contribution < -0.4 is 21.5 Å². The van der Waals surface area contributed by atoms with Gasteiger partial charge in [0.2, 0.25) is 5.91 Å². The molecule has 2 atom stereocenters. The van der Waals surface area contributed by atoms with E-state index in [9.17, 15) is 19.5 Å². The molecule has 0 spiro atoms. The Kier molecular flexibility index (Phi) is 8.95. The number of halogens is 2. The maximum Gasteiger partial charge on any atom is 0.308 e. The first-order chi connectivity index (χ1) is 16.7. The number of hydrogen-bond acceptors (Lipinski definition) is 5. The number of aliphatic carboxylic acids is 1. The monoisotopic (exact) mass is 520 g/mol. The lowest BCUT2D eigenvalue weighted by Crippen LogP contribution is -2.34. The van der Waals surface area contributed by atoms with Gasteiger partial charge in [-0.1, -0.05) is 29.3 Å². The van der Waals surface area contributed by atoms with Crippen LogP contribution in [0.3, 0.4) is 0 Å². The van der Waals surface area contributed by atoms with Crippen LogP contribution >= 0.6 is 23.2 Å². The van der Waals surface area contributed by atoms with Gasteiger partial charge in [0.05, 0.1) is 33.8 Å². The molecule has 0 aliphatic carbocycles. The van der Waals surface area contributed by atoms with Crippen LogP contribution in [0.5, 0.6) is 5.75 Å². The molecule has 0 fully saturated rings. The number of carbonyl (C=O) groups is 3. The van der Waals surface area contributed by atoms with Gasteiger partial charge in [-0.05, 0) is 54.7 Å². The second-order valence-corrected chi connectivity index (χ2v) is 9.01. The van der Waals surface area contributed by atoms with Gasteiger partial charge in [0.1, 0.15) is 5.75 Å². The maximum atomic E-state index is 12.6. The Balaban J connectivity index is 1.57. The van der Waals surface area contributed by atoms with Crippen LogP contribution in [0.15, 0.2) is 41.4 Å². The van der Waals surface area contributed by atoms with Crippen molar-refractivity contribution in [2.24, 2.45) is 22.4 Å². The number of carboxylic acid groups (broad SMARTS) is 1. The number of guanidine groups is 1. The standard InChI is InChI=1S/C24H26Cl2N4O5/c25-17-2-1-3-18(26)22(17)19(31)10-14(23(33)34)12-29-21(32)7-4-13-8-9-35-20-6-5-15(11-16(13)20)30-24(27)28/h1-3,5-6,11,13-14H,4,7-10,12H2,(H,29,32)(H,33,34)(H4,27,28,30). The number of aliphatic imine (C=N–C) groups is 1. The summed E-state index contributed by atoms with van der Waals surface area (Å²) in [5, 5.41) is 12.5. The fourth-order valence-electron chi connectivity index (χ4n) is 3.94. The van der Waals surface area contributed by atoms with Crippen molar-refractivity contribution in [3.05, 3.63) is 57.6 Å². The number of ether oxygens (including phenoxy) is 1. The van der Waals surface area contributed by atoms with Crippen molar-refractivity contribution < 1.29 is 24.2 Å². The van der Waals surface area contributed by atoms with E-state index in [0.29, 0.717) is 18.7 Å². The van der Waals surface area contributed by atoms with E-state index in [0.717, 1.165) is 17.7 Å². The molecular weight excluding hydrogens is 495 g/mol. The summed E-state index contributed by atoms with van der Waals surface area (Å²) in [7, 11) is 0. The summed E-state index contributed by atoms with van der Waals surface area (Å²) >= 11 is 12.1. The van der Waals surface area contributed by atoms with Gasteiger partial charge in [0.15, 0.2) is 11.7 Å². The Morgan fingerprint density at radius 1 is 1.17 bits per heavy atom. The van der Waals surface area contributed by atoms with E-state index >= 15 is 0 Å². The Labute approximate surface area is 212 Å². The third kappa shape index (κ3) is 7.10. The highest BCUT2D eigenvalue weighted by atomic mass is 35.5. The molecule has 1 heterocycles. The minimum absolute atomic E-state index is 0.0536. The van der Waals surface area contributed by atoms with E-state index in [-0.39, 0.29) is 52.8 Å². The van der Waals surface area contributed by atoms with Gasteiger partial charge in [-0.2, -0.15) is 0 Å². The summed E-state index contributed by atoms with van der Waals surface area (Å²) in [6.45, 7) is 0.329. The lowest BCUT2D eigenvalue weighted by molar-refractivity contribution is -0.141. The number of amides is 1. The minimum atomic E-state index is -1.20. The fourth-order valence-corrected chi connectivity index (χ4v) is 4.55. The van der Waals surface area contributed by atoms with Gasteiger partial charge in [0.25, 0.3) is 0 Å². The number of hydrogen-bond donors (Lipinski definition) is 4. The molecule has 35 heavy (non-hydrogen) atoms. The van der Waals surface area contributed by atoms with Crippen molar-refractivity contribution in [3.8, 4) is 5.75 Å². The number of nitrogens with zero attached hydrogens (tertiary/aromatic N) is 1. The highest BCUT2D eigenvalue weighted by molar-refractivity contribution is 6.39. The average molecular weight is 521 g/mol. The number of rotatable bonds is 10. The Hall–Kier alpha value is -3.30. The second-order valence-electron chi connectivity index (χ2n) is 8.19. The molecule has 186 valence electrons. The van der Waals surface area contributed by atoms with Gasteiger partial charge in [-0.3, -0.25) is 14.4 Å². The highest BCUT2D eigenvalue weighted by Crippen LogP contribution is 2.38. The molecule has 11 heteroatoms. The van der Waals surface area contributed by atoms with E-state index in [4.69, 9.17) is 39.4 Å². The van der Waals surface area contributed by atoms with Gasteiger partial charge in [0, 0.05) is 19.4 Å². The van der Waals surface area contributed by atoms with Gasteiger partial charge in [-0.25, -0.2) is 4.99 Å². The molecule has 0 radical (unpaired) electrons. The van der Waals surface area contributed by atoms with Crippen LogP contribution in [0.4, 0.5) is 5.69 Å². The molecule has 1 aliphatic heterocycles. The van der Waals surface area contributed by atoms with E-state index in [1.807, 2.05) is 6.07 Å². The quantitative estimate of drug-likeness (QED) is 0.211. The van der Waals surface area contributed by atoms with Crippen molar-refractivity contribution in [1.82, 2.24) is 5.32 Å². The molecule has 3 rings (SSSR count). The first-order valence-electron chi connectivity index (χ1n) is 11.0. The average Bonchev–Trinajstić information content (AvgIpc) is 2.79. The predicted octanol–water partition coefficient (Wildman–Crippen LogP) is 3.63. The summed E-state index contributed by atoms with van der Waals surface area (Å²) in [5.41, 5.74) is 12.5. The number of Topliss-reactive ketones (excluding diaryl/α,β-unsaturated/α-hetero) is 1. The molecule has 0 bridgehead atoms. The van der Waals surface area contributed by atoms with E-state index in [1.165, 1.54) is 12.1 Å². The number of benzene rings is 2. The lowest BCUT2D eigenvalue weighted by atomic mass is 9.88. The zero-order valence-corrected chi connectivity index (χ0v) is 20.3. The molecule has 2 unspecified atom stereocenters. The van der Waals surface area contributed by atoms with E-state index in [2.05, 4.69) is 10.3 Å². The fraction of sp³-hybridized carbons (Fsp3) is 0.333. The predicted molar refractivity (Wildman–Crippen MR) is 134 cm³/mol. The number of carbonyl (C=O) groups excluding carboxylic acids is 2. The van der Waals surface area contributed by atoms with Gasteiger partial charge < -0.3 is 26.6 Å². The van der Waals surface area contributed by atoms with Crippen LogP contribution in [-0.2, 0) is 9.59 Å². The van der Waals surface area contributed by atoms with Crippen LogP contribution in [0, 0.1) is 5.92 Å². The maximum absolute atomic E-state index is 12.6. The molecule has 9 nitrogen and oxygen atoms in total. The van der Waals surface area contributed by atoms with Crippen LogP contribution in [0.1, 0.15) is 47.5 Å². The molecule has 2 aromatic carbocycles. The molecular formula is C24H26Cl2N4O5. The van der Waals surface area contributed by atoms with Crippen molar-refractivity contribution in [1.29, 1.82) is 0 Å². The molecule has 0 saturated heterocycles. The normalized spacial score (nSPS) is 15.3. The molecule has 1 aliphatic rings. The summed E-state index contributed by atoms with van der Waals surface area (Å²) < 4.78 is 5.69. The van der Waals surface area contributed by atoms with Crippen LogP contribution in [-0.4, -0.2) is 41.9 Å². The highest BCUT2D eigenvalue weighted by Gasteiger charge is 2.26. The summed E-state index contributed by atoms with van der Waals surface area (Å²) in [6, 6.07) is 9.98. The molecule has 2 aromatic rings. The van der Waals surface area contributed by atoms with Crippen molar-refractivity contribution >= 4 is 52.5 Å². The molecule has 0 aromatic heterocycles. The number of nitrogens with one attached hydrogen (secondary N) is 1. The van der Waals surface area contributed by atoms with Gasteiger partial charge >= 0.3 is 5.97 Å².